The molecule has 0 unspecified atom stereocenters. The fraction of sp³-hybridized carbons (Fsp3) is 0.974. The molecule has 0 aromatic rings. The second-order valence-corrected chi connectivity index (χ2v) is 13.5. The zero-order valence-electron chi connectivity index (χ0n) is 29.8. The van der Waals surface area contributed by atoms with Crippen molar-refractivity contribution in [3.63, 3.8) is 0 Å². The molecule has 0 radical (unpaired) electrons. The fourth-order valence-electron chi connectivity index (χ4n) is 6.37. The Morgan fingerprint density at radius 2 is 0.907 bits per heavy atom. The second kappa shape index (κ2) is 35.9. The van der Waals surface area contributed by atoms with Gasteiger partial charge in [-0.15, -0.1) is 0 Å². The van der Waals surface area contributed by atoms with E-state index in [9.17, 15) is 9.90 Å². The van der Waals surface area contributed by atoms with Crippen molar-refractivity contribution in [3.8, 4) is 0 Å². The molecule has 43 heavy (non-hydrogen) atoms. The minimum atomic E-state index is 0.00565. The summed E-state index contributed by atoms with van der Waals surface area (Å²) in [6.45, 7) is 11.1. The molecular formula is C39H79NO3. The number of nitrogens with zero attached hydrogens (tertiary/aromatic N) is 1. The molecule has 0 heterocycles. The average molecular weight is 610 g/mol. The lowest BCUT2D eigenvalue weighted by atomic mass is 9.91. The molecule has 0 aromatic carbocycles. The third kappa shape index (κ3) is 32.6. The van der Waals surface area contributed by atoms with Gasteiger partial charge in [0.15, 0.2) is 0 Å². The topological polar surface area (TPSA) is 49.8 Å². The summed E-state index contributed by atoms with van der Waals surface area (Å²) in [6, 6.07) is 0. The van der Waals surface area contributed by atoms with Crippen LogP contribution in [0.25, 0.3) is 0 Å². The van der Waals surface area contributed by atoms with Crippen LogP contribution in [0.2, 0.25) is 0 Å². The van der Waals surface area contributed by atoms with Gasteiger partial charge in [-0.1, -0.05) is 162 Å². The van der Waals surface area contributed by atoms with Crippen molar-refractivity contribution >= 4 is 5.97 Å². The molecule has 0 spiro atoms. The van der Waals surface area contributed by atoms with Crippen molar-refractivity contribution in [2.24, 2.45) is 5.92 Å². The summed E-state index contributed by atoms with van der Waals surface area (Å²) in [5.74, 6) is 0.826. The molecule has 0 fully saturated rings. The summed E-state index contributed by atoms with van der Waals surface area (Å²) in [6.07, 6.45) is 36.9. The largest absolute Gasteiger partial charge is 0.466 e. The SMILES string of the molecule is CCCCCCCCCCCCCCN(CCCO)CCCCCCCC(=O)OCCCC(CCCCC)CCCCC. The number of hydrogen-bond donors (Lipinski definition) is 1. The van der Waals surface area contributed by atoms with Gasteiger partial charge in [0.25, 0.3) is 0 Å². The van der Waals surface area contributed by atoms with Crippen molar-refractivity contribution in [3.05, 3.63) is 0 Å². The van der Waals surface area contributed by atoms with Crippen LogP contribution in [0.5, 0.6) is 0 Å². The molecule has 0 aromatic heterocycles. The minimum Gasteiger partial charge on any atom is -0.466 e. The number of aliphatic hydroxyl groups is 1. The first-order chi connectivity index (χ1) is 21.2. The molecule has 0 saturated heterocycles. The molecule has 0 saturated carbocycles. The number of rotatable bonds is 36. The van der Waals surface area contributed by atoms with Gasteiger partial charge in [-0.25, -0.2) is 0 Å². The first-order valence-corrected chi connectivity index (χ1v) is 19.7. The Labute approximate surface area is 270 Å². The first-order valence-electron chi connectivity index (χ1n) is 19.7. The van der Waals surface area contributed by atoms with Crippen molar-refractivity contribution in [1.29, 1.82) is 0 Å². The van der Waals surface area contributed by atoms with Crippen LogP contribution in [-0.2, 0) is 9.53 Å². The molecule has 0 atom stereocenters. The summed E-state index contributed by atoms with van der Waals surface area (Å²) >= 11 is 0. The van der Waals surface area contributed by atoms with Gasteiger partial charge in [-0.05, 0) is 57.5 Å². The van der Waals surface area contributed by atoms with Crippen molar-refractivity contribution < 1.29 is 14.6 Å². The van der Waals surface area contributed by atoms with Crippen LogP contribution < -0.4 is 0 Å². The van der Waals surface area contributed by atoms with Gasteiger partial charge in [-0.3, -0.25) is 4.79 Å². The Balaban J connectivity index is 3.77. The van der Waals surface area contributed by atoms with Gasteiger partial charge in [0, 0.05) is 19.6 Å². The lowest BCUT2D eigenvalue weighted by Crippen LogP contribution is -2.27. The Kier molecular flexibility index (Phi) is 35.4. The molecule has 4 nitrogen and oxygen atoms in total. The average Bonchev–Trinajstić information content (AvgIpc) is 3.01. The zero-order valence-corrected chi connectivity index (χ0v) is 29.8. The number of esters is 1. The van der Waals surface area contributed by atoms with Crippen LogP contribution in [0.4, 0.5) is 0 Å². The van der Waals surface area contributed by atoms with E-state index in [4.69, 9.17) is 4.74 Å². The highest BCUT2D eigenvalue weighted by molar-refractivity contribution is 5.69. The summed E-state index contributed by atoms with van der Waals surface area (Å²) in [5.41, 5.74) is 0. The standard InChI is InChI=1S/C39H79NO3/c1-4-7-10-11-12-13-14-15-16-17-20-25-33-40(35-28-36-41)34-26-21-18-19-24-32-39(42)43-37-27-31-38(29-22-8-5-2)30-23-9-6-3/h38,41H,4-37H2,1-3H3. The summed E-state index contributed by atoms with van der Waals surface area (Å²) < 4.78 is 5.57. The number of carbonyl (C=O) groups is 1. The zero-order chi connectivity index (χ0) is 31.5. The van der Waals surface area contributed by atoms with E-state index >= 15 is 0 Å². The number of ether oxygens (including phenoxy) is 1. The van der Waals surface area contributed by atoms with Crippen LogP contribution in [0, 0.1) is 5.92 Å². The van der Waals surface area contributed by atoms with E-state index in [1.54, 1.807) is 0 Å². The van der Waals surface area contributed by atoms with E-state index in [1.807, 2.05) is 0 Å². The van der Waals surface area contributed by atoms with Crippen LogP contribution in [-0.4, -0.2) is 48.8 Å². The molecule has 1 N–H and O–H groups in total. The summed E-state index contributed by atoms with van der Waals surface area (Å²) in [7, 11) is 0. The van der Waals surface area contributed by atoms with Crippen LogP contribution in [0.1, 0.15) is 207 Å². The molecular weight excluding hydrogens is 530 g/mol. The van der Waals surface area contributed by atoms with Crippen molar-refractivity contribution in [1.82, 2.24) is 4.90 Å². The van der Waals surface area contributed by atoms with E-state index in [1.165, 1.54) is 161 Å². The first kappa shape index (κ1) is 42.4. The van der Waals surface area contributed by atoms with E-state index in [0.29, 0.717) is 19.6 Å². The van der Waals surface area contributed by atoms with Gasteiger partial charge < -0.3 is 14.7 Å². The Bertz CT molecular complexity index is 531. The van der Waals surface area contributed by atoms with Crippen LogP contribution >= 0.6 is 0 Å². The van der Waals surface area contributed by atoms with E-state index in [0.717, 1.165) is 44.7 Å². The second-order valence-electron chi connectivity index (χ2n) is 13.5. The number of unbranched alkanes of at least 4 members (excludes halogenated alkanes) is 19. The smallest absolute Gasteiger partial charge is 0.305 e. The highest BCUT2D eigenvalue weighted by Gasteiger charge is 2.10. The predicted molar refractivity (Wildman–Crippen MR) is 189 cm³/mol. The maximum Gasteiger partial charge on any atom is 0.305 e. The van der Waals surface area contributed by atoms with Gasteiger partial charge in [-0.2, -0.15) is 0 Å². The Morgan fingerprint density at radius 3 is 1.40 bits per heavy atom. The molecule has 258 valence electrons. The molecule has 0 aliphatic rings. The van der Waals surface area contributed by atoms with Gasteiger partial charge in [0.2, 0.25) is 0 Å². The normalized spacial score (nSPS) is 11.7. The van der Waals surface area contributed by atoms with Gasteiger partial charge in [0.05, 0.1) is 6.61 Å². The lowest BCUT2D eigenvalue weighted by Gasteiger charge is -2.22. The summed E-state index contributed by atoms with van der Waals surface area (Å²) in [5, 5.41) is 9.31. The number of aliphatic hydroxyl groups excluding tert-OH is 1. The molecule has 0 amide bonds. The van der Waals surface area contributed by atoms with Gasteiger partial charge >= 0.3 is 5.97 Å². The van der Waals surface area contributed by atoms with Crippen molar-refractivity contribution in [2.45, 2.75) is 207 Å². The molecule has 4 heteroatoms. The molecule has 0 rings (SSSR count). The summed E-state index contributed by atoms with van der Waals surface area (Å²) in [4.78, 5) is 14.8. The van der Waals surface area contributed by atoms with Crippen molar-refractivity contribution in [2.75, 3.05) is 32.8 Å². The highest BCUT2D eigenvalue weighted by atomic mass is 16.5. The number of carbonyl (C=O) groups excluding carboxylic acids is 1. The third-order valence-corrected chi connectivity index (χ3v) is 9.27. The third-order valence-electron chi connectivity index (χ3n) is 9.27. The van der Waals surface area contributed by atoms with E-state index in [2.05, 4.69) is 25.7 Å². The van der Waals surface area contributed by atoms with E-state index in [-0.39, 0.29) is 5.97 Å². The number of hydrogen-bond acceptors (Lipinski definition) is 4. The molecule has 0 bridgehead atoms. The monoisotopic (exact) mass is 610 g/mol. The Hall–Kier alpha value is -0.610. The molecule has 0 aliphatic heterocycles. The highest BCUT2D eigenvalue weighted by Crippen LogP contribution is 2.22. The van der Waals surface area contributed by atoms with Gasteiger partial charge in [0.1, 0.15) is 0 Å². The fourth-order valence-corrected chi connectivity index (χ4v) is 6.37. The minimum absolute atomic E-state index is 0.00565. The van der Waals surface area contributed by atoms with E-state index < -0.39 is 0 Å². The molecule has 0 aliphatic carbocycles. The quantitative estimate of drug-likeness (QED) is 0.0567. The van der Waals surface area contributed by atoms with Crippen LogP contribution in [0.15, 0.2) is 0 Å². The predicted octanol–water partition coefficient (Wildman–Crippen LogP) is 11.8. The Morgan fingerprint density at radius 1 is 0.512 bits per heavy atom. The lowest BCUT2D eigenvalue weighted by molar-refractivity contribution is -0.144. The maximum atomic E-state index is 12.2. The maximum absolute atomic E-state index is 12.2. The van der Waals surface area contributed by atoms with Crippen LogP contribution in [0.3, 0.4) is 0 Å².